The Hall–Kier alpha value is -2.09. The second-order valence-corrected chi connectivity index (χ2v) is 6.84. The van der Waals surface area contributed by atoms with Crippen molar-refractivity contribution in [3.63, 3.8) is 0 Å². The molecule has 1 aromatic carbocycles. The number of hydrazone groups is 1. The standard InChI is InChI=1S/C16H15Cl2N3O3S/c1-9(20-21-12-7-8-25-13(12)16(23)24-2)10-3-5-11(6-4-10)19-15(22)14(17)18/h3-8,14,21H,1-2H3,(H,19,22)/b20-9+. The summed E-state index contributed by atoms with van der Waals surface area (Å²) >= 11 is 12.3. The number of carbonyl (C=O) groups is 2. The van der Waals surface area contributed by atoms with Crippen LogP contribution in [0.2, 0.25) is 0 Å². The number of ether oxygens (including phenoxy) is 1. The van der Waals surface area contributed by atoms with Gasteiger partial charge in [-0.1, -0.05) is 35.3 Å². The molecular formula is C16H15Cl2N3O3S. The van der Waals surface area contributed by atoms with E-state index in [2.05, 4.69) is 15.8 Å². The number of nitrogens with one attached hydrogen (secondary N) is 2. The lowest BCUT2D eigenvalue weighted by molar-refractivity contribution is -0.114. The fraction of sp³-hybridized carbons (Fsp3) is 0.188. The maximum atomic E-state index is 11.6. The zero-order valence-corrected chi connectivity index (χ0v) is 15.7. The van der Waals surface area contributed by atoms with Crippen molar-refractivity contribution >= 4 is 63.5 Å². The summed E-state index contributed by atoms with van der Waals surface area (Å²) in [6.45, 7) is 1.82. The van der Waals surface area contributed by atoms with Crippen LogP contribution in [-0.2, 0) is 9.53 Å². The van der Waals surface area contributed by atoms with Gasteiger partial charge in [-0.25, -0.2) is 4.79 Å². The number of methoxy groups -OCH3 is 1. The summed E-state index contributed by atoms with van der Waals surface area (Å²) in [5.41, 5.74) is 5.56. The molecule has 1 aromatic heterocycles. The Morgan fingerprint density at radius 1 is 1.20 bits per heavy atom. The van der Waals surface area contributed by atoms with E-state index in [1.54, 1.807) is 35.7 Å². The van der Waals surface area contributed by atoms with Crippen LogP contribution in [-0.4, -0.2) is 29.5 Å². The first-order chi connectivity index (χ1) is 11.9. The summed E-state index contributed by atoms with van der Waals surface area (Å²) in [5.74, 6) is -0.904. The van der Waals surface area contributed by atoms with Crippen LogP contribution >= 0.6 is 34.5 Å². The van der Waals surface area contributed by atoms with Gasteiger partial charge in [0.1, 0.15) is 4.88 Å². The quantitative estimate of drug-likeness (QED) is 0.331. The van der Waals surface area contributed by atoms with Gasteiger partial charge >= 0.3 is 5.97 Å². The van der Waals surface area contributed by atoms with Crippen LogP contribution in [0, 0.1) is 0 Å². The van der Waals surface area contributed by atoms with E-state index in [-0.39, 0.29) is 0 Å². The van der Waals surface area contributed by atoms with Crippen molar-refractivity contribution in [2.24, 2.45) is 5.10 Å². The minimum atomic E-state index is -1.12. The molecule has 0 bridgehead atoms. The van der Waals surface area contributed by atoms with Crippen molar-refractivity contribution in [2.75, 3.05) is 17.9 Å². The molecule has 1 heterocycles. The number of benzene rings is 1. The van der Waals surface area contributed by atoms with Crippen LogP contribution in [0.3, 0.4) is 0 Å². The smallest absolute Gasteiger partial charge is 0.350 e. The third-order valence-corrected chi connectivity index (χ3v) is 4.44. The lowest BCUT2D eigenvalue weighted by Gasteiger charge is -2.07. The molecule has 0 atom stereocenters. The highest BCUT2D eigenvalue weighted by Crippen LogP contribution is 2.23. The predicted octanol–water partition coefficient (Wildman–Crippen LogP) is 4.11. The zero-order chi connectivity index (χ0) is 18.4. The first-order valence-electron chi connectivity index (χ1n) is 7.08. The van der Waals surface area contributed by atoms with E-state index in [4.69, 9.17) is 27.9 Å². The van der Waals surface area contributed by atoms with E-state index in [9.17, 15) is 9.59 Å². The molecule has 0 radical (unpaired) electrons. The largest absolute Gasteiger partial charge is 0.465 e. The Morgan fingerprint density at radius 2 is 1.88 bits per heavy atom. The van der Waals surface area contributed by atoms with Gasteiger partial charge in [0, 0.05) is 5.69 Å². The van der Waals surface area contributed by atoms with Crippen LogP contribution in [0.15, 0.2) is 40.8 Å². The fourth-order valence-corrected chi connectivity index (χ4v) is 2.72. The van der Waals surface area contributed by atoms with Crippen LogP contribution in [0.4, 0.5) is 11.4 Å². The predicted molar refractivity (Wildman–Crippen MR) is 102 cm³/mol. The van der Waals surface area contributed by atoms with Gasteiger partial charge in [-0.15, -0.1) is 11.3 Å². The number of carbonyl (C=O) groups excluding carboxylic acids is 2. The Morgan fingerprint density at radius 3 is 2.48 bits per heavy atom. The average molecular weight is 400 g/mol. The molecule has 2 rings (SSSR count). The summed E-state index contributed by atoms with van der Waals surface area (Å²) in [6, 6.07) is 8.77. The van der Waals surface area contributed by atoms with Crippen molar-refractivity contribution < 1.29 is 14.3 Å². The molecule has 25 heavy (non-hydrogen) atoms. The number of anilines is 2. The number of thiophene rings is 1. The third kappa shape index (κ3) is 5.19. The Labute approximate surface area is 158 Å². The van der Waals surface area contributed by atoms with E-state index in [0.717, 1.165) is 5.56 Å². The summed E-state index contributed by atoms with van der Waals surface area (Å²) in [5, 5.41) is 8.62. The van der Waals surface area contributed by atoms with Crippen molar-refractivity contribution in [1.82, 2.24) is 0 Å². The molecular weight excluding hydrogens is 385 g/mol. The van der Waals surface area contributed by atoms with Gasteiger partial charge in [0.25, 0.3) is 5.91 Å². The second kappa shape index (κ2) is 8.84. The molecule has 1 amide bonds. The average Bonchev–Trinajstić information content (AvgIpc) is 3.08. The van der Waals surface area contributed by atoms with Crippen molar-refractivity contribution in [3.05, 3.63) is 46.2 Å². The number of esters is 1. The van der Waals surface area contributed by atoms with Gasteiger partial charge in [-0.2, -0.15) is 5.10 Å². The maximum Gasteiger partial charge on any atom is 0.350 e. The highest BCUT2D eigenvalue weighted by molar-refractivity contribution is 7.12. The number of hydrogen-bond donors (Lipinski definition) is 2. The zero-order valence-electron chi connectivity index (χ0n) is 13.4. The Balaban J connectivity index is 2.06. The first kappa shape index (κ1) is 19.2. The van der Waals surface area contributed by atoms with Crippen LogP contribution in [0.5, 0.6) is 0 Å². The normalized spacial score (nSPS) is 11.3. The Bertz CT molecular complexity index is 788. The Kier molecular flexibility index (Phi) is 6.81. The van der Waals surface area contributed by atoms with E-state index < -0.39 is 16.7 Å². The van der Waals surface area contributed by atoms with Crippen molar-refractivity contribution in [1.29, 1.82) is 0 Å². The minimum Gasteiger partial charge on any atom is -0.465 e. The van der Waals surface area contributed by atoms with E-state index >= 15 is 0 Å². The molecule has 0 aliphatic carbocycles. The van der Waals surface area contributed by atoms with Gasteiger partial charge in [0.2, 0.25) is 0 Å². The van der Waals surface area contributed by atoms with Crippen molar-refractivity contribution in [2.45, 2.75) is 11.8 Å². The van der Waals surface area contributed by atoms with Crippen LogP contribution in [0.1, 0.15) is 22.2 Å². The molecule has 0 spiro atoms. The van der Waals surface area contributed by atoms with Gasteiger partial charge in [0.15, 0.2) is 4.84 Å². The second-order valence-electron chi connectivity index (χ2n) is 4.83. The maximum absolute atomic E-state index is 11.6. The van der Waals surface area contributed by atoms with Crippen LogP contribution in [0.25, 0.3) is 0 Å². The van der Waals surface area contributed by atoms with Crippen LogP contribution < -0.4 is 10.7 Å². The number of halogens is 2. The molecule has 2 aromatic rings. The van der Waals surface area contributed by atoms with Gasteiger partial charge < -0.3 is 10.1 Å². The number of rotatable bonds is 6. The summed E-state index contributed by atoms with van der Waals surface area (Å²) in [4.78, 5) is 22.4. The molecule has 6 nitrogen and oxygen atoms in total. The van der Waals surface area contributed by atoms with E-state index in [1.165, 1.54) is 18.4 Å². The van der Waals surface area contributed by atoms with E-state index in [1.807, 2.05) is 6.92 Å². The molecule has 0 fully saturated rings. The minimum absolute atomic E-state index is 0.415. The summed E-state index contributed by atoms with van der Waals surface area (Å²) in [7, 11) is 1.33. The van der Waals surface area contributed by atoms with Gasteiger partial charge in [-0.3, -0.25) is 10.2 Å². The highest BCUT2D eigenvalue weighted by Gasteiger charge is 2.13. The highest BCUT2D eigenvalue weighted by atomic mass is 35.5. The molecule has 0 aliphatic heterocycles. The van der Waals surface area contributed by atoms with Crippen molar-refractivity contribution in [3.8, 4) is 0 Å². The summed E-state index contributed by atoms with van der Waals surface area (Å²) in [6.07, 6.45) is 0. The third-order valence-electron chi connectivity index (χ3n) is 3.15. The molecule has 0 unspecified atom stereocenters. The molecule has 0 saturated carbocycles. The topological polar surface area (TPSA) is 79.8 Å². The molecule has 0 saturated heterocycles. The summed E-state index contributed by atoms with van der Waals surface area (Å²) < 4.78 is 4.72. The lowest BCUT2D eigenvalue weighted by atomic mass is 10.1. The number of nitrogens with zero attached hydrogens (tertiary/aromatic N) is 1. The number of hydrogen-bond acceptors (Lipinski definition) is 6. The SMILES string of the molecule is COC(=O)c1sccc1N/N=C(\C)c1ccc(NC(=O)C(Cl)Cl)cc1. The van der Waals surface area contributed by atoms with Gasteiger partial charge in [0.05, 0.1) is 18.5 Å². The monoisotopic (exact) mass is 399 g/mol. The molecule has 9 heteroatoms. The van der Waals surface area contributed by atoms with E-state index in [0.29, 0.717) is 22.0 Å². The first-order valence-corrected chi connectivity index (χ1v) is 8.83. The van der Waals surface area contributed by atoms with Gasteiger partial charge in [-0.05, 0) is 36.1 Å². The molecule has 2 N–H and O–H groups in total. The number of amides is 1. The fourth-order valence-electron chi connectivity index (χ4n) is 1.85. The molecule has 132 valence electrons. The molecule has 0 aliphatic rings. The lowest BCUT2D eigenvalue weighted by Crippen LogP contribution is -2.18. The number of alkyl halides is 2.